The van der Waals surface area contributed by atoms with Gasteiger partial charge in [-0.2, -0.15) is 5.26 Å². The summed E-state index contributed by atoms with van der Waals surface area (Å²) in [6.45, 7) is 8.94. The fourth-order valence-electron chi connectivity index (χ4n) is 3.94. The Labute approximate surface area is 172 Å². The maximum atomic E-state index is 9.39. The van der Waals surface area contributed by atoms with Crippen molar-refractivity contribution in [3.63, 3.8) is 0 Å². The van der Waals surface area contributed by atoms with Crippen molar-refractivity contribution in [3.8, 4) is 23.1 Å². The molecule has 144 valence electrons. The predicted octanol–water partition coefficient (Wildman–Crippen LogP) is 6.81. The highest BCUT2D eigenvalue weighted by molar-refractivity contribution is 5.84. The molecule has 4 rings (SSSR count). The first-order valence-electron chi connectivity index (χ1n) is 10.1. The molecule has 29 heavy (non-hydrogen) atoms. The van der Waals surface area contributed by atoms with Gasteiger partial charge >= 0.3 is 0 Å². The zero-order valence-corrected chi connectivity index (χ0v) is 17.3. The van der Waals surface area contributed by atoms with Crippen LogP contribution in [0.4, 0.5) is 0 Å². The van der Waals surface area contributed by atoms with E-state index in [4.69, 9.17) is 4.98 Å². The van der Waals surface area contributed by atoms with Crippen LogP contribution >= 0.6 is 0 Å². The second kappa shape index (κ2) is 7.56. The maximum absolute atomic E-state index is 9.39. The third-order valence-electron chi connectivity index (χ3n) is 5.38. The summed E-state index contributed by atoms with van der Waals surface area (Å²) in [6.07, 6.45) is 0. The third-order valence-corrected chi connectivity index (χ3v) is 5.38. The smallest absolute Gasteiger partial charge is 0.145 e. The number of fused-ring (bicyclic) bond motifs is 1. The standard InChI is InChI=1S/C26H25N3/c1-17(2)21-11-8-12-22(18(3)4)25(21)29-24-14-6-5-13-23(24)28-26(29)20-10-7-9-19(15-20)16-27/h5-15,17-18H,1-4H3. The van der Waals surface area contributed by atoms with Crippen LogP contribution in [0.5, 0.6) is 0 Å². The predicted molar refractivity (Wildman–Crippen MR) is 119 cm³/mol. The summed E-state index contributed by atoms with van der Waals surface area (Å²) in [6, 6.07) is 24.8. The van der Waals surface area contributed by atoms with Gasteiger partial charge < -0.3 is 0 Å². The van der Waals surface area contributed by atoms with E-state index in [1.807, 2.05) is 30.3 Å². The van der Waals surface area contributed by atoms with Gasteiger partial charge in [0.25, 0.3) is 0 Å². The normalized spacial score (nSPS) is 11.3. The lowest BCUT2D eigenvalue weighted by molar-refractivity contribution is 0.811. The molecule has 0 radical (unpaired) electrons. The van der Waals surface area contributed by atoms with Crippen molar-refractivity contribution in [3.05, 3.63) is 83.4 Å². The molecule has 0 unspecified atom stereocenters. The van der Waals surface area contributed by atoms with E-state index in [0.717, 1.165) is 22.4 Å². The van der Waals surface area contributed by atoms with E-state index in [1.54, 1.807) is 0 Å². The number of aromatic nitrogens is 2. The van der Waals surface area contributed by atoms with Crippen molar-refractivity contribution in [2.75, 3.05) is 0 Å². The van der Waals surface area contributed by atoms with E-state index in [2.05, 4.69) is 74.7 Å². The van der Waals surface area contributed by atoms with Crippen LogP contribution in [0, 0.1) is 11.3 Å². The number of rotatable bonds is 4. The molecule has 0 bridgehead atoms. The van der Waals surface area contributed by atoms with Gasteiger partial charge in [0.1, 0.15) is 5.82 Å². The van der Waals surface area contributed by atoms with Crippen molar-refractivity contribution in [1.82, 2.24) is 9.55 Å². The first-order valence-corrected chi connectivity index (χ1v) is 10.1. The number of hydrogen-bond acceptors (Lipinski definition) is 2. The van der Waals surface area contributed by atoms with Crippen molar-refractivity contribution < 1.29 is 0 Å². The number of benzene rings is 3. The van der Waals surface area contributed by atoms with Gasteiger partial charge in [0.15, 0.2) is 0 Å². The molecule has 1 heterocycles. The summed E-state index contributed by atoms with van der Waals surface area (Å²) in [4.78, 5) is 4.99. The Kier molecular flexibility index (Phi) is 4.94. The minimum atomic E-state index is 0.378. The lowest BCUT2D eigenvalue weighted by Crippen LogP contribution is -2.08. The second-order valence-electron chi connectivity index (χ2n) is 8.05. The van der Waals surface area contributed by atoms with Crippen molar-refractivity contribution in [1.29, 1.82) is 5.26 Å². The molecule has 0 N–H and O–H groups in total. The fourth-order valence-corrected chi connectivity index (χ4v) is 3.94. The highest BCUT2D eigenvalue weighted by atomic mass is 15.1. The van der Waals surface area contributed by atoms with Gasteiger partial charge in [-0.1, -0.05) is 70.2 Å². The molecule has 0 atom stereocenters. The first-order chi connectivity index (χ1) is 14.0. The van der Waals surface area contributed by atoms with Crippen LogP contribution < -0.4 is 0 Å². The SMILES string of the molecule is CC(C)c1cccc(C(C)C)c1-n1c(-c2cccc(C#N)c2)nc2ccccc21. The molecule has 0 aliphatic heterocycles. The molecule has 4 aromatic rings. The molecule has 3 heteroatoms. The number of nitriles is 1. The van der Waals surface area contributed by atoms with E-state index in [9.17, 15) is 5.26 Å². The summed E-state index contributed by atoms with van der Waals surface area (Å²) in [7, 11) is 0. The molecular formula is C26H25N3. The summed E-state index contributed by atoms with van der Waals surface area (Å²) < 4.78 is 2.29. The minimum absolute atomic E-state index is 0.378. The lowest BCUT2D eigenvalue weighted by atomic mass is 9.92. The van der Waals surface area contributed by atoms with Crippen LogP contribution in [0.3, 0.4) is 0 Å². The van der Waals surface area contributed by atoms with E-state index in [1.165, 1.54) is 16.8 Å². The molecule has 0 saturated heterocycles. The molecule has 0 aliphatic rings. The van der Waals surface area contributed by atoms with Crippen LogP contribution in [-0.4, -0.2) is 9.55 Å². The zero-order chi connectivity index (χ0) is 20.5. The molecule has 1 aromatic heterocycles. The Morgan fingerprint density at radius 3 is 2.14 bits per heavy atom. The molecule has 0 fully saturated rings. The topological polar surface area (TPSA) is 41.6 Å². The number of imidazole rings is 1. The second-order valence-corrected chi connectivity index (χ2v) is 8.05. The number of hydrogen-bond donors (Lipinski definition) is 0. The summed E-state index contributed by atoms with van der Waals surface area (Å²) in [5.41, 5.74) is 7.45. The van der Waals surface area contributed by atoms with Gasteiger partial charge in [-0.3, -0.25) is 4.57 Å². The van der Waals surface area contributed by atoms with Crippen molar-refractivity contribution in [2.24, 2.45) is 0 Å². The third kappa shape index (κ3) is 3.32. The molecule has 3 nitrogen and oxygen atoms in total. The fraction of sp³-hybridized carbons (Fsp3) is 0.231. The molecule has 0 amide bonds. The largest absolute Gasteiger partial charge is 0.292 e. The molecule has 3 aromatic carbocycles. The van der Waals surface area contributed by atoms with Gasteiger partial charge in [0, 0.05) is 5.56 Å². The Morgan fingerprint density at radius 2 is 1.48 bits per heavy atom. The van der Waals surface area contributed by atoms with Gasteiger partial charge in [0.05, 0.1) is 28.4 Å². The summed E-state index contributed by atoms with van der Waals surface area (Å²) >= 11 is 0. The Hall–Kier alpha value is -3.38. The molecule has 0 spiro atoms. The highest BCUT2D eigenvalue weighted by Crippen LogP contribution is 2.37. The Morgan fingerprint density at radius 1 is 0.828 bits per heavy atom. The lowest BCUT2D eigenvalue weighted by Gasteiger charge is -2.22. The van der Waals surface area contributed by atoms with Crippen molar-refractivity contribution >= 4 is 11.0 Å². The van der Waals surface area contributed by atoms with E-state index in [-0.39, 0.29) is 0 Å². The quantitative estimate of drug-likeness (QED) is 0.391. The van der Waals surface area contributed by atoms with Crippen LogP contribution in [0.2, 0.25) is 0 Å². The monoisotopic (exact) mass is 379 g/mol. The molecule has 0 aliphatic carbocycles. The summed E-state index contributed by atoms with van der Waals surface area (Å²) in [5, 5.41) is 9.39. The zero-order valence-electron chi connectivity index (χ0n) is 17.3. The van der Waals surface area contributed by atoms with Gasteiger partial charge in [-0.05, 0) is 47.2 Å². The van der Waals surface area contributed by atoms with Crippen molar-refractivity contribution in [2.45, 2.75) is 39.5 Å². The maximum Gasteiger partial charge on any atom is 0.145 e. The highest BCUT2D eigenvalue weighted by Gasteiger charge is 2.21. The molecule has 0 saturated carbocycles. The van der Waals surface area contributed by atoms with E-state index in [0.29, 0.717) is 17.4 Å². The van der Waals surface area contributed by atoms with Gasteiger partial charge in [0.2, 0.25) is 0 Å². The van der Waals surface area contributed by atoms with Gasteiger partial charge in [-0.15, -0.1) is 0 Å². The van der Waals surface area contributed by atoms with Crippen LogP contribution in [0.1, 0.15) is 56.2 Å². The minimum Gasteiger partial charge on any atom is -0.292 e. The average molecular weight is 380 g/mol. The Balaban J connectivity index is 2.14. The number of nitrogens with zero attached hydrogens (tertiary/aromatic N) is 3. The first kappa shape index (κ1) is 19.0. The van der Waals surface area contributed by atoms with E-state index < -0.39 is 0 Å². The van der Waals surface area contributed by atoms with Crippen LogP contribution in [0.15, 0.2) is 66.7 Å². The van der Waals surface area contributed by atoms with E-state index >= 15 is 0 Å². The van der Waals surface area contributed by atoms with Gasteiger partial charge in [-0.25, -0.2) is 4.98 Å². The summed E-state index contributed by atoms with van der Waals surface area (Å²) in [5.74, 6) is 1.63. The number of para-hydroxylation sites is 3. The Bertz CT molecular complexity index is 1200. The van der Waals surface area contributed by atoms with Crippen LogP contribution in [0.25, 0.3) is 28.1 Å². The average Bonchev–Trinajstić information content (AvgIpc) is 3.12. The molecular weight excluding hydrogens is 354 g/mol. The van der Waals surface area contributed by atoms with Crippen LogP contribution in [-0.2, 0) is 0 Å².